The van der Waals surface area contributed by atoms with Crippen molar-refractivity contribution in [3.63, 3.8) is 0 Å². The van der Waals surface area contributed by atoms with Crippen molar-refractivity contribution in [2.75, 3.05) is 0 Å². The lowest BCUT2D eigenvalue weighted by Gasteiger charge is -1.99. The van der Waals surface area contributed by atoms with Crippen LogP contribution in [-0.4, -0.2) is 4.92 Å². The monoisotopic (exact) mass is 191 g/mol. The Balaban J connectivity index is 3.28. The second-order valence-corrected chi connectivity index (χ2v) is 2.28. The first-order chi connectivity index (χ1) is 6.06. The van der Waals surface area contributed by atoms with E-state index >= 15 is 0 Å². The van der Waals surface area contributed by atoms with E-state index in [9.17, 15) is 23.3 Å². The summed E-state index contributed by atoms with van der Waals surface area (Å²) >= 11 is 0. The highest BCUT2D eigenvalue weighted by molar-refractivity contribution is 5.35. The highest BCUT2D eigenvalue weighted by Crippen LogP contribution is 2.20. The number of nitrogens with zero attached hydrogens (tertiary/aromatic N) is 1. The summed E-state index contributed by atoms with van der Waals surface area (Å²) in [4.78, 5) is 9.13. The highest BCUT2D eigenvalue weighted by Gasteiger charge is 2.16. The van der Waals surface area contributed by atoms with Crippen LogP contribution in [0.1, 0.15) is 5.56 Å². The van der Waals surface area contributed by atoms with Crippen LogP contribution in [0.25, 0.3) is 0 Å². The van der Waals surface area contributed by atoms with Crippen molar-refractivity contribution in [2.45, 2.75) is 6.67 Å². The molecule has 70 valence electrons. The lowest BCUT2D eigenvalue weighted by Crippen LogP contribution is -1.96. The van der Waals surface area contributed by atoms with Gasteiger partial charge in [-0.2, -0.15) is 0 Å². The van der Waals surface area contributed by atoms with Crippen LogP contribution >= 0.6 is 0 Å². The summed E-state index contributed by atoms with van der Waals surface area (Å²) < 4.78 is 37.3. The van der Waals surface area contributed by atoms with Gasteiger partial charge in [0.15, 0.2) is 0 Å². The maximum Gasteiger partial charge on any atom is 0.275 e. The maximum atomic E-state index is 12.7. The Kier molecular flexibility index (Phi) is 2.50. The molecule has 0 amide bonds. The molecule has 0 radical (unpaired) electrons. The van der Waals surface area contributed by atoms with Crippen LogP contribution in [0, 0.1) is 21.7 Å². The van der Waals surface area contributed by atoms with Crippen molar-refractivity contribution < 1.29 is 18.1 Å². The van der Waals surface area contributed by atoms with Crippen LogP contribution in [0.5, 0.6) is 0 Å². The zero-order valence-electron chi connectivity index (χ0n) is 6.26. The summed E-state index contributed by atoms with van der Waals surface area (Å²) in [6.45, 7) is -1.32. The van der Waals surface area contributed by atoms with Crippen LogP contribution < -0.4 is 0 Å². The third-order valence-corrected chi connectivity index (χ3v) is 1.47. The van der Waals surface area contributed by atoms with E-state index in [0.29, 0.717) is 12.1 Å². The number of hydrogen-bond donors (Lipinski definition) is 0. The summed E-state index contributed by atoms with van der Waals surface area (Å²) in [7, 11) is 0. The number of rotatable bonds is 2. The van der Waals surface area contributed by atoms with E-state index < -0.39 is 34.5 Å². The van der Waals surface area contributed by atoms with Gasteiger partial charge in [0.25, 0.3) is 5.69 Å². The third-order valence-electron chi connectivity index (χ3n) is 1.47. The standard InChI is InChI=1S/C7H4F3NO2/c8-3-5-6(9)1-4(11(12)13)2-7(5)10/h1-2H,3H2. The van der Waals surface area contributed by atoms with E-state index in [0.717, 1.165) is 0 Å². The molecule has 1 aromatic rings. The lowest BCUT2D eigenvalue weighted by molar-refractivity contribution is -0.385. The number of alkyl halides is 1. The summed E-state index contributed by atoms with van der Waals surface area (Å²) in [6, 6.07) is 0.968. The third kappa shape index (κ3) is 1.77. The molecule has 0 aliphatic carbocycles. The van der Waals surface area contributed by atoms with Gasteiger partial charge in [-0.25, -0.2) is 13.2 Å². The molecule has 13 heavy (non-hydrogen) atoms. The van der Waals surface area contributed by atoms with E-state index in [4.69, 9.17) is 0 Å². The average molecular weight is 191 g/mol. The Labute approximate surface area is 70.9 Å². The van der Waals surface area contributed by atoms with Crippen molar-refractivity contribution in [3.05, 3.63) is 39.4 Å². The highest BCUT2D eigenvalue weighted by atomic mass is 19.1. The van der Waals surface area contributed by atoms with Crippen LogP contribution in [0.3, 0.4) is 0 Å². The Hall–Kier alpha value is -1.59. The Morgan fingerprint density at radius 2 is 1.77 bits per heavy atom. The molecule has 0 bridgehead atoms. The number of benzene rings is 1. The van der Waals surface area contributed by atoms with Crippen molar-refractivity contribution in [1.29, 1.82) is 0 Å². The lowest BCUT2D eigenvalue weighted by atomic mass is 10.2. The first-order valence-electron chi connectivity index (χ1n) is 3.24. The first-order valence-corrected chi connectivity index (χ1v) is 3.24. The molecule has 0 aliphatic rings. The van der Waals surface area contributed by atoms with Gasteiger partial charge in [-0.15, -0.1) is 0 Å². The van der Waals surface area contributed by atoms with Crippen molar-refractivity contribution in [2.24, 2.45) is 0 Å². The van der Waals surface area contributed by atoms with Crippen LogP contribution in [0.4, 0.5) is 18.9 Å². The molecule has 6 heteroatoms. The predicted octanol–water partition coefficient (Wildman–Crippen LogP) is 2.34. The smallest absolute Gasteiger partial charge is 0.258 e. The number of halogens is 3. The van der Waals surface area contributed by atoms with Gasteiger partial charge in [-0.1, -0.05) is 0 Å². The molecule has 0 saturated heterocycles. The van der Waals surface area contributed by atoms with E-state index in [2.05, 4.69) is 0 Å². The van der Waals surface area contributed by atoms with Gasteiger partial charge in [-0.3, -0.25) is 10.1 Å². The predicted molar refractivity (Wildman–Crippen MR) is 37.8 cm³/mol. The minimum atomic E-state index is -1.32. The Morgan fingerprint density at radius 3 is 2.08 bits per heavy atom. The number of nitro benzene ring substituents is 1. The molecule has 1 aromatic carbocycles. The topological polar surface area (TPSA) is 43.1 Å². The number of hydrogen-bond acceptors (Lipinski definition) is 2. The molecule has 0 fully saturated rings. The molecule has 0 heterocycles. The molecule has 0 aromatic heterocycles. The summed E-state index contributed by atoms with van der Waals surface area (Å²) in [6.07, 6.45) is 0. The van der Waals surface area contributed by atoms with E-state index in [-0.39, 0.29) is 0 Å². The molecular formula is C7H4F3NO2. The SMILES string of the molecule is O=[N+]([O-])c1cc(F)c(CF)c(F)c1. The maximum absolute atomic E-state index is 12.7. The number of non-ortho nitro benzene ring substituents is 1. The minimum Gasteiger partial charge on any atom is -0.258 e. The second-order valence-electron chi connectivity index (χ2n) is 2.28. The van der Waals surface area contributed by atoms with Gasteiger partial charge in [0.05, 0.1) is 22.6 Å². The van der Waals surface area contributed by atoms with Crippen LogP contribution in [0.2, 0.25) is 0 Å². The normalized spacial score (nSPS) is 10.1. The van der Waals surface area contributed by atoms with E-state index in [1.54, 1.807) is 0 Å². The first kappa shape index (κ1) is 9.50. The van der Waals surface area contributed by atoms with Crippen molar-refractivity contribution >= 4 is 5.69 Å². The second kappa shape index (κ2) is 3.42. The van der Waals surface area contributed by atoms with Crippen molar-refractivity contribution in [3.8, 4) is 0 Å². The van der Waals surface area contributed by atoms with Gasteiger partial charge in [-0.05, 0) is 0 Å². The van der Waals surface area contributed by atoms with E-state index in [1.807, 2.05) is 0 Å². The minimum absolute atomic E-state index is 0.484. The fraction of sp³-hybridized carbons (Fsp3) is 0.143. The summed E-state index contributed by atoms with van der Waals surface area (Å²) in [5.41, 5.74) is -1.52. The van der Waals surface area contributed by atoms with Gasteiger partial charge in [0.2, 0.25) is 0 Å². The Morgan fingerprint density at radius 1 is 1.31 bits per heavy atom. The molecule has 3 nitrogen and oxygen atoms in total. The Bertz CT molecular complexity index is 331. The average Bonchev–Trinajstić information content (AvgIpc) is 2.03. The number of nitro groups is 1. The molecule has 0 atom stereocenters. The van der Waals surface area contributed by atoms with Gasteiger partial charge < -0.3 is 0 Å². The molecule has 1 rings (SSSR count). The fourth-order valence-corrected chi connectivity index (χ4v) is 0.823. The molecule has 0 spiro atoms. The summed E-state index contributed by atoms with van der Waals surface area (Å²) in [5.74, 6) is -2.48. The fourth-order valence-electron chi connectivity index (χ4n) is 0.823. The molecule has 0 saturated carbocycles. The largest absolute Gasteiger partial charge is 0.275 e. The van der Waals surface area contributed by atoms with Gasteiger partial charge >= 0.3 is 0 Å². The van der Waals surface area contributed by atoms with Crippen molar-refractivity contribution in [1.82, 2.24) is 0 Å². The molecular weight excluding hydrogens is 187 g/mol. The zero-order chi connectivity index (χ0) is 10.0. The molecule has 0 N–H and O–H groups in total. The van der Waals surface area contributed by atoms with E-state index in [1.165, 1.54) is 0 Å². The van der Waals surface area contributed by atoms with Crippen LogP contribution in [0.15, 0.2) is 12.1 Å². The molecule has 0 unspecified atom stereocenters. The van der Waals surface area contributed by atoms with Gasteiger partial charge in [0, 0.05) is 0 Å². The van der Waals surface area contributed by atoms with Crippen LogP contribution in [-0.2, 0) is 6.67 Å². The van der Waals surface area contributed by atoms with Gasteiger partial charge in [0.1, 0.15) is 18.3 Å². The quantitative estimate of drug-likeness (QED) is 0.531. The molecule has 0 aliphatic heterocycles. The zero-order valence-corrected chi connectivity index (χ0v) is 6.26. The summed E-state index contributed by atoms with van der Waals surface area (Å²) in [5, 5.41) is 10.1.